The number of benzene rings is 2. The lowest BCUT2D eigenvalue weighted by atomic mass is 10.1. The van der Waals surface area contributed by atoms with Gasteiger partial charge in [0.25, 0.3) is 0 Å². The Hall–Kier alpha value is -2.89. The second-order valence-corrected chi connectivity index (χ2v) is 6.78. The van der Waals surface area contributed by atoms with Crippen molar-refractivity contribution in [1.29, 1.82) is 0 Å². The lowest BCUT2D eigenvalue weighted by Crippen LogP contribution is -2.43. The summed E-state index contributed by atoms with van der Waals surface area (Å²) in [5, 5.41) is 2.98. The van der Waals surface area contributed by atoms with Crippen LogP contribution in [0.1, 0.15) is 25.0 Å². The number of carbonyl (C=O) groups is 1. The predicted octanol–water partition coefficient (Wildman–Crippen LogP) is 3.88. The minimum Gasteiger partial charge on any atom is -0.496 e. The largest absolute Gasteiger partial charge is 0.496 e. The Morgan fingerprint density at radius 1 is 0.964 bits per heavy atom. The number of ether oxygens (including phenoxy) is 3. The van der Waals surface area contributed by atoms with Crippen LogP contribution in [0.15, 0.2) is 42.5 Å². The van der Waals surface area contributed by atoms with E-state index in [4.69, 9.17) is 14.2 Å². The van der Waals surface area contributed by atoms with E-state index in [0.717, 1.165) is 16.9 Å². The average molecular weight is 386 g/mol. The molecular weight excluding hydrogens is 356 g/mol. The Bertz CT molecular complexity index is 777. The van der Waals surface area contributed by atoms with Crippen LogP contribution in [0.2, 0.25) is 0 Å². The first-order valence-corrected chi connectivity index (χ1v) is 9.36. The van der Waals surface area contributed by atoms with Crippen LogP contribution in [0.3, 0.4) is 0 Å². The number of para-hydroxylation sites is 1. The van der Waals surface area contributed by atoms with Crippen molar-refractivity contribution in [3.05, 3.63) is 53.6 Å². The maximum atomic E-state index is 12.7. The van der Waals surface area contributed by atoms with Gasteiger partial charge < -0.3 is 24.4 Å². The van der Waals surface area contributed by atoms with Crippen molar-refractivity contribution in [1.82, 2.24) is 10.2 Å². The maximum absolute atomic E-state index is 12.7. The lowest BCUT2D eigenvalue weighted by Gasteiger charge is -2.25. The summed E-state index contributed by atoms with van der Waals surface area (Å²) in [6, 6.07) is 13.5. The molecule has 2 aromatic carbocycles. The lowest BCUT2D eigenvalue weighted by molar-refractivity contribution is 0.192. The molecule has 2 amide bonds. The molecule has 0 heterocycles. The first-order valence-electron chi connectivity index (χ1n) is 9.36. The van der Waals surface area contributed by atoms with Crippen LogP contribution in [0, 0.1) is 0 Å². The molecule has 0 aromatic heterocycles. The molecule has 152 valence electrons. The zero-order chi connectivity index (χ0) is 20.5. The Kier molecular flexibility index (Phi) is 7.99. The van der Waals surface area contributed by atoms with E-state index in [1.165, 1.54) is 0 Å². The first-order chi connectivity index (χ1) is 13.5. The molecule has 2 aromatic rings. The number of nitrogens with one attached hydrogen (secondary N) is 1. The van der Waals surface area contributed by atoms with E-state index in [-0.39, 0.29) is 12.1 Å². The smallest absolute Gasteiger partial charge is 0.317 e. The molecular formula is C22H30N2O4. The molecule has 6 nitrogen and oxygen atoms in total. The Morgan fingerprint density at radius 3 is 2.29 bits per heavy atom. The summed E-state index contributed by atoms with van der Waals surface area (Å²) in [6.45, 7) is 4.93. The van der Waals surface area contributed by atoms with Gasteiger partial charge in [-0.05, 0) is 44.0 Å². The predicted molar refractivity (Wildman–Crippen MR) is 110 cm³/mol. The van der Waals surface area contributed by atoms with Gasteiger partial charge in [0.05, 0.1) is 27.9 Å². The van der Waals surface area contributed by atoms with Gasteiger partial charge in [-0.15, -0.1) is 0 Å². The van der Waals surface area contributed by atoms with Crippen LogP contribution in [-0.2, 0) is 13.0 Å². The summed E-state index contributed by atoms with van der Waals surface area (Å²) >= 11 is 0. The molecule has 0 aliphatic heterocycles. The standard InChI is InChI=1S/C22H30N2O4/c1-16(2)23-22(25)24(15-18-8-6-7-9-19(18)26-3)13-12-17-10-11-20(27-4)21(14-17)28-5/h6-11,14,16H,12-13,15H2,1-5H3,(H,23,25). The molecule has 0 unspecified atom stereocenters. The normalized spacial score (nSPS) is 10.5. The minimum atomic E-state index is -0.0959. The number of nitrogens with zero attached hydrogens (tertiary/aromatic N) is 1. The van der Waals surface area contributed by atoms with E-state index >= 15 is 0 Å². The third-order valence-electron chi connectivity index (χ3n) is 4.37. The van der Waals surface area contributed by atoms with E-state index in [9.17, 15) is 4.79 Å². The van der Waals surface area contributed by atoms with Crippen LogP contribution in [0.4, 0.5) is 4.79 Å². The number of methoxy groups -OCH3 is 3. The highest BCUT2D eigenvalue weighted by atomic mass is 16.5. The molecule has 28 heavy (non-hydrogen) atoms. The number of urea groups is 1. The summed E-state index contributed by atoms with van der Waals surface area (Å²) in [4.78, 5) is 14.5. The zero-order valence-corrected chi connectivity index (χ0v) is 17.3. The SMILES string of the molecule is COc1ccccc1CN(CCc1ccc(OC)c(OC)c1)C(=O)NC(C)C. The Labute approximate surface area is 167 Å². The van der Waals surface area contributed by atoms with Gasteiger partial charge in [0.15, 0.2) is 11.5 Å². The highest BCUT2D eigenvalue weighted by molar-refractivity contribution is 5.74. The van der Waals surface area contributed by atoms with Crippen LogP contribution in [0.5, 0.6) is 17.2 Å². The van der Waals surface area contributed by atoms with Crippen molar-refractivity contribution in [3.8, 4) is 17.2 Å². The fourth-order valence-electron chi connectivity index (χ4n) is 2.93. The summed E-state index contributed by atoms with van der Waals surface area (Å²) in [7, 11) is 4.87. The molecule has 1 N–H and O–H groups in total. The van der Waals surface area contributed by atoms with Gasteiger partial charge in [-0.1, -0.05) is 24.3 Å². The fourth-order valence-corrected chi connectivity index (χ4v) is 2.93. The van der Waals surface area contributed by atoms with Crippen LogP contribution < -0.4 is 19.5 Å². The molecule has 0 spiro atoms. The minimum absolute atomic E-state index is 0.0637. The molecule has 0 saturated heterocycles. The molecule has 0 aliphatic carbocycles. The molecule has 0 aliphatic rings. The van der Waals surface area contributed by atoms with E-state index in [1.54, 1.807) is 26.2 Å². The Balaban J connectivity index is 2.16. The molecule has 0 atom stereocenters. The molecule has 2 rings (SSSR count). The van der Waals surface area contributed by atoms with Gasteiger partial charge in [0.2, 0.25) is 0 Å². The van der Waals surface area contributed by atoms with Crippen molar-refractivity contribution in [2.45, 2.75) is 32.9 Å². The van der Waals surface area contributed by atoms with E-state index < -0.39 is 0 Å². The van der Waals surface area contributed by atoms with Crippen molar-refractivity contribution in [2.24, 2.45) is 0 Å². The number of amides is 2. The average Bonchev–Trinajstić information content (AvgIpc) is 2.70. The number of hydrogen-bond donors (Lipinski definition) is 1. The van der Waals surface area contributed by atoms with E-state index in [0.29, 0.717) is 31.0 Å². The van der Waals surface area contributed by atoms with Crippen molar-refractivity contribution >= 4 is 6.03 Å². The highest BCUT2D eigenvalue weighted by Crippen LogP contribution is 2.28. The molecule has 0 radical (unpaired) electrons. The summed E-state index contributed by atoms with van der Waals surface area (Å²) in [5.74, 6) is 2.15. The van der Waals surface area contributed by atoms with Crippen molar-refractivity contribution < 1.29 is 19.0 Å². The Morgan fingerprint density at radius 2 is 1.64 bits per heavy atom. The highest BCUT2D eigenvalue weighted by Gasteiger charge is 2.17. The van der Waals surface area contributed by atoms with Gasteiger partial charge in [-0.3, -0.25) is 0 Å². The maximum Gasteiger partial charge on any atom is 0.317 e. The molecule has 6 heteroatoms. The number of hydrogen-bond acceptors (Lipinski definition) is 4. The zero-order valence-electron chi connectivity index (χ0n) is 17.3. The second kappa shape index (κ2) is 10.4. The van der Waals surface area contributed by atoms with Gasteiger partial charge in [0, 0.05) is 18.2 Å². The first kappa shape index (κ1) is 21.4. The van der Waals surface area contributed by atoms with Crippen LogP contribution in [0.25, 0.3) is 0 Å². The van der Waals surface area contributed by atoms with Gasteiger partial charge >= 0.3 is 6.03 Å². The molecule has 0 fully saturated rings. The number of carbonyl (C=O) groups excluding carboxylic acids is 1. The van der Waals surface area contributed by atoms with Gasteiger partial charge in [0.1, 0.15) is 5.75 Å². The summed E-state index contributed by atoms with van der Waals surface area (Å²) < 4.78 is 16.1. The summed E-state index contributed by atoms with van der Waals surface area (Å²) in [6.07, 6.45) is 0.695. The third-order valence-corrected chi connectivity index (χ3v) is 4.37. The fraction of sp³-hybridized carbons (Fsp3) is 0.409. The molecule has 0 bridgehead atoms. The van der Waals surface area contributed by atoms with E-state index in [1.807, 2.05) is 56.3 Å². The monoisotopic (exact) mass is 386 g/mol. The van der Waals surface area contributed by atoms with Crippen LogP contribution >= 0.6 is 0 Å². The third kappa shape index (κ3) is 5.81. The van der Waals surface area contributed by atoms with Crippen molar-refractivity contribution in [2.75, 3.05) is 27.9 Å². The van der Waals surface area contributed by atoms with Gasteiger partial charge in [-0.25, -0.2) is 4.79 Å². The quantitative estimate of drug-likeness (QED) is 0.711. The summed E-state index contributed by atoms with van der Waals surface area (Å²) in [5.41, 5.74) is 2.04. The van der Waals surface area contributed by atoms with Crippen LogP contribution in [-0.4, -0.2) is 44.8 Å². The number of rotatable bonds is 9. The molecule has 0 saturated carbocycles. The van der Waals surface area contributed by atoms with Crippen molar-refractivity contribution in [3.63, 3.8) is 0 Å². The van der Waals surface area contributed by atoms with Gasteiger partial charge in [-0.2, -0.15) is 0 Å². The second-order valence-electron chi connectivity index (χ2n) is 6.78. The van der Waals surface area contributed by atoms with E-state index in [2.05, 4.69) is 5.32 Å². The topological polar surface area (TPSA) is 60.0 Å².